The van der Waals surface area contributed by atoms with Crippen molar-refractivity contribution in [3.8, 4) is 0 Å². The van der Waals surface area contributed by atoms with Crippen molar-refractivity contribution in [2.75, 3.05) is 0 Å². The highest BCUT2D eigenvalue weighted by Crippen LogP contribution is 2.18. The van der Waals surface area contributed by atoms with Crippen LogP contribution in [0.3, 0.4) is 0 Å². The van der Waals surface area contributed by atoms with E-state index in [0.717, 1.165) is 0 Å². The average Bonchev–Trinajstić information content (AvgIpc) is 2.71. The maximum atomic E-state index is 13.0. The number of hydrogen-bond donors (Lipinski definition) is 2. The van der Waals surface area contributed by atoms with E-state index in [9.17, 15) is 12.8 Å². The predicted molar refractivity (Wildman–Crippen MR) is 73.5 cm³/mol. The van der Waals surface area contributed by atoms with E-state index in [0.29, 0.717) is 17.0 Å². The van der Waals surface area contributed by atoms with Crippen LogP contribution in [-0.2, 0) is 16.6 Å². The van der Waals surface area contributed by atoms with Gasteiger partial charge in [0.15, 0.2) is 0 Å². The third kappa shape index (κ3) is 3.00. The minimum atomic E-state index is -3.68. The standard InChI is InChI=1S/C12H13ClFN3O2S/c1-7-12(8(2)17-16-7)20(18,19)15-6-9-3-4-11(14)10(13)5-9/h3-5,15H,6H2,1-2H3,(H,16,17). The maximum absolute atomic E-state index is 13.0. The van der Waals surface area contributed by atoms with E-state index in [1.165, 1.54) is 18.2 Å². The molecule has 5 nitrogen and oxygen atoms in total. The molecule has 0 aliphatic heterocycles. The van der Waals surface area contributed by atoms with E-state index < -0.39 is 15.8 Å². The number of nitrogens with zero attached hydrogens (tertiary/aromatic N) is 1. The number of halogens is 2. The minimum absolute atomic E-state index is 0.0202. The molecule has 0 aliphatic carbocycles. The van der Waals surface area contributed by atoms with Gasteiger partial charge in [-0.25, -0.2) is 17.5 Å². The highest BCUT2D eigenvalue weighted by atomic mass is 35.5. The Morgan fingerprint density at radius 2 is 2.10 bits per heavy atom. The van der Waals surface area contributed by atoms with Gasteiger partial charge in [-0.1, -0.05) is 17.7 Å². The van der Waals surface area contributed by atoms with Crippen LogP contribution >= 0.6 is 11.6 Å². The minimum Gasteiger partial charge on any atom is -0.281 e. The van der Waals surface area contributed by atoms with Gasteiger partial charge in [-0.2, -0.15) is 5.10 Å². The van der Waals surface area contributed by atoms with E-state index in [2.05, 4.69) is 14.9 Å². The Hall–Kier alpha value is -1.44. The molecule has 0 unspecified atom stereocenters. The molecule has 1 heterocycles. The Morgan fingerprint density at radius 3 is 2.65 bits per heavy atom. The molecule has 0 bridgehead atoms. The van der Waals surface area contributed by atoms with Crippen molar-refractivity contribution in [3.63, 3.8) is 0 Å². The summed E-state index contributed by atoms with van der Waals surface area (Å²) >= 11 is 5.65. The number of aryl methyl sites for hydroxylation is 2. The van der Waals surface area contributed by atoms with Crippen molar-refractivity contribution in [1.82, 2.24) is 14.9 Å². The fourth-order valence-electron chi connectivity index (χ4n) is 1.84. The SMILES string of the molecule is Cc1n[nH]c(C)c1S(=O)(=O)NCc1ccc(F)c(Cl)c1. The van der Waals surface area contributed by atoms with Crippen molar-refractivity contribution >= 4 is 21.6 Å². The van der Waals surface area contributed by atoms with Crippen LogP contribution in [0.2, 0.25) is 5.02 Å². The van der Waals surface area contributed by atoms with Crippen LogP contribution in [0, 0.1) is 19.7 Å². The Bertz CT molecular complexity index is 724. The summed E-state index contributed by atoms with van der Waals surface area (Å²) < 4.78 is 39.8. The molecular formula is C12H13ClFN3O2S. The van der Waals surface area contributed by atoms with Crippen LogP contribution in [0.1, 0.15) is 17.0 Å². The van der Waals surface area contributed by atoms with E-state index in [4.69, 9.17) is 11.6 Å². The number of hydrogen-bond acceptors (Lipinski definition) is 3. The van der Waals surface area contributed by atoms with Crippen LogP contribution in [-0.4, -0.2) is 18.6 Å². The largest absolute Gasteiger partial charge is 0.281 e. The molecule has 0 saturated heterocycles. The van der Waals surface area contributed by atoms with Crippen LogP contribution < -0.4 is 4.72 Å². The summed E-state index contributed by atoms with van der Waals surface area (Å²) in [4.78, 5) is 0.130. The number of benzene rings is 1. The topological polar surface area (TPSA) is 74.8 Å². The molecule has 2 N–H and O–H groups in total. The Balaban J connectivity index is 2.19. The van der Waals surface area contributed by atoms with Gasteiger partial charge in [0, 0.05) is 6.54 Å². The number of aromatic amines is 1. The lowest BCUT2D eigenvalue weighted by Gasteiger charge is -2.07. The normalized spacial score (nSPS) is 11.8. The van der Waals surface area contributed by atoms with E-state index in [1.807, 2.05) is 0 Å². The van der Waals surface area contributed by atoms with Crippen molar-refractivity contribution in [2.45, 2.75) is 25.3 Å². The van der Waals surface area contributed by atoms with Gasteiger partial charge >= 0.3 is 0 Å². The highest BCUT2D eigenvalue weighted by Gasteiger charge is 2.21. The molecule has 0 atom stereocenters. The molecule has 20 heavy (non-hydrogen) atoms. The molecular weight excluding hydrogens is 305 g/mol. The lowest BCUT2D eigenvalue weighted by Crippen LogP contribution is -2.24. The van der Waals surface area contributed by atoms with E-state index >= 15 is 0 Å². The second-order valence-electron chi connectivity index (χ2n) is 4.34. The quantitative estimate of drug-likeness (QED) is 0.908. The summed E-state index contributed by atoms with van der Waals surface area (Å²) in [7, 11) is -3.68. The summed E-state index contributed by atoms with van der Waals surface area (Å²) in [6.45, 7) is 3.25. The molecule has 1 aromatic carbocycles. The first-order valence-corrected chi connectivity index (χ1v) is 7.62. The Morgan fingerprint density at radius 1 is 1.40 bits per heavy atom. The van der Waals surface area contributed by atoms with Gasteiger partial charge in [0.05, 0.1) is 16.4 Å². The maximum Gasteiger partial charge on any atom is 0.244 e. The molecule has 2 aromatic rings. The third-order valence-electron chi connectivity index (χ3n) is 2.78. The van der Waals surface area contributed by atoms with Gasteiger partial charge in [0.25, 0.3) is 0 Å². The van der Waals surface area contributed by atoms with E-state index in [-0.39, 0.29) is 16.5 Å². The van der Waals surface area contributed by atoms with Crippen molar-refractivity contribution in [3.05, 3.63) is 46.0 Å². The Labute approximate surface area is 121 Å². The summed E-state index contributed by atoms with van der Waals surface area (Å²) in [6, 6.07) is 4.05. The van der Waals surface area contributed by atoms with Crippen molar-refractivity contribution < 1.29 is 12.8 Å². The first kappa shape index (κ1) is 15.0. The van der Waals surface area contributed by atoms with E-state index in [1.54, 1.807) is 13.8 Å². The smallest absolute Gasteiger partial charge is 0.244 e. The monoisotopic (exact) mass is 317 g/mol. The van der Waals surface area contributed by atoms with Crippen LogP contribution in [0.5, 0.6) is 0 Å². The van der Waals surface area contributed by atoms with Gasteiger partial charge < -0.3 is 0 Å². The molecule has 0 radical (unpaired) electrons. The fourth-order valence-corrected chi connectivity index (χ4v) is 3.42. The molecule has 8 heteroatoms. The van der Waals surface area contributed by atoms with Gasteiger partial charge in [0.1, 0.15) is 10.7 Å². The number of H-pyrrole nitrogens is 1. The lowest BCUT2D eigenvalue weighted by molar-refractivity contribution is 0.580. The molecule has 0 spiro atoms. The predicted octanol–water partition coefficient (Wildman–Crippen LogP) is 2.30. The zero-order valence-corrected chi connectivity index (χ0v) is 12.4. The van der Waals surface area contributed by atoms with Crippen LogP contribution in [0.4, 0.5) is 4.39 Å². The van der Waals surface area contributed by atoms with Gasteiger partial charge in [-0.05, 0) is 31.5 Å². The van der Waals surface area contributed by atoms with Gasteiger partial charge in [0.2, 0.25) is 10.0 Å². The molecule has 108 valence electrons. The summed E-state index contributed by atoms with van der Waals surface area (Å²) in [6.07, 6.45) is 0. The Kier molecular flexibility index (Phi) is 4.12. The number of aromatic nitrogens is 2. The zero-order chi connectivity index (χ0) is 14.9. The van der Waals surface area contributed by atoms with Crippen LogP contribution in [0.15, 0.2) is 23.1 Å². The molecule has 0 amide bonds. The second kappa shape index (κ2) is 5.51. The first-order chi connectivity index (χ1) is 9.31. The zero-order valence-electron chi connectivity index (χ0n) is 10.9. The molecule has 1 aromatic heterocycles. The van der Waals surface area contributed by atoms with Crippen LogP contribution in [0.25, 0.3) is 0 Å². The average molecular weight is 318 g/mol. The summed E-state index contributed by atoms with van der Waals surface area (Å²) in [5.41, 5.74) is 1.43. The molecule has 2 rings (SSSR count). The first-order valence-electron chi connectivity index (χ1n) is 5.76. The summed E-state index contributed by atoms with van der Waals surface area (Å²) in [5.74, 6) is -0.542. The molecule has 0 aliphatic rings. The molecule has 0 saturated carbocycles. The van der Waals surface area contributed by atoms with Crippen molar-refractivity contribution in [2.24, 2.45) is 0 Å². The second-order valence-corrected chi connectivity index (χ2v) is 6.45. The fraction of sp³-hybridized carbons (Fsp3) is 0.250. The summed E-state index contributed by atoms with van der Waals surface area (Å²) in [5, 5.41) is 6.42. The lowest BCUT2D eigenvalue weighted by atomic mass is 10.2. The number of nitrogens with one attached hydrogen (secondary N) is 2. The highest BCUT2D eigenvalue weighted by molar-refractivity contribution is 7.89. The van der Waals surface area contributed by atoms with Crippen molar-refractivity contribution in [1.29, 1.82) is 0 Å². The molecule has 0 fully saturated rings. The van der Waals surface area contributed by atoms with Gasteiger partial charge in [-0.15, -0.1) is 0 Å². The third-order valence-corrected chi connectivity index (χ3v) is 4.73. The number of sulfonamides is 1. The van der Waals surface area contributed by atoms with Gasteiger partial charge in [-0.3, -0.25) is 5.10 Å². The number of rotatable bonds is 4.